The van der Waals surface area contributed by atoms with Crippen molar-refractivity contribution in [1.82, 2.24) is 15.0 Å². The fraction of sp³-hybridized carbons (Fsp3) is 0.389. The Morgan fingerprint density at radius 1 is 1.33 bits per heavy atom. The molecule has 3 aromatic heterocycles. The Hall–Kier alpha value is -1.94. The fourth-order valence-corrected chi connectivity index (χ4v) is 5.31. The SMILES string of the molecule is CNc1ncc(-c2cc(C(C)C)c3c(N)c([S+]([O-])CCOC)sc3n2)cn1. The van der Waals surface area contributed by atoms with Gasteiger partial charge in [-0.1, -0.05) is 25.2 Å². The molecule has 0 amide bonds. The minimum atomic E-state index is -1.21. The second kappa shape index (κ2) is 8.39. The monoisotopic (exact) mass is 405 g/mol. The molecular formula is C18H23N5O2S2. The van der Waals surface area contributed by atoms with E-state index >= 15 is 0 Å². The fourth-order valence-electron chi connectivity index (χ4n) is 2.74. The first kappa shape index (κ1) is 19.8. The Kier molecular flexibility index (Phi) is 6.15. The molecule has 7 nitrogen and oxygen atoms in total. The number of nitrogens with one attached hydrogen (secondary N) is 1. The van der Waals surface area contributed by atoms with Crippen molar-refractivity contribution in [3.8, 4) is 11.3 Å². The summed E-state index contributed by atoms with van der Waals surface area (Å²) in [5, 5.41) is 3.80. The Bertz CT molecular complexity index is 928. The van der Waals surface area contributed by atoms with Gasteiger partial charge < -0.3 is 20.3 Å². The van der Waals surface area contributed by atoms with E-state index in [-0.39, 0.29) is 5.92 Å². The summed E-state index contributed by atoms with van der Waals surface area (Å²) in [6.07, 6.45) is 3.48. The summed E-state index contributed by atoms with van der Waals surface area (Å²) in [5.74, 6) is 1.21. The van der Waals surface area contributed by atoms with Crippen molar-refractivity contribution in [3.63, 3.8) is 0 Å². The summed E-state index contributed by atoms with van der Waals surface area (Å²) in [6.45, 7) is 4.64. The molecular weight excluding hydrogens is 382 g/mol. The van der Waals surface area contributed by atoms with E-state index in [0.717, 1.165) is 27.0 Å². The summed E-state index contributed by atoms with van der Waals surface area (Å²) in [7, 11) is 3.37. The van der Waals surface area contributed by atoms with E-state index in [9.17, 15) is 4.55 Å². The van der Waals surface area contributed by atoms with Crippen LogP contribution in [0, 0.1) is 0 Å². The molecule has 0 aliphatic carbocycles. The first-order chi connectivity index (χ1) is 13.0. The van der Waals surface area contributed by atoms with Gasteiger partial charge in [-0.05, 0) is 17.5 Å². The third-order valence-corrected chi connectivity index (χ3v) is 7.04. The van der Waals surface area contributed by atoms with Crippen LogP contribution < -0.4 is 11.1 Å². The highest BCUT2D eigenvalue weighted by atomic mass is 32.2. The molecule has 3 rings (SSSR count). The highest BCUT2D eigenvalue weighted by Gasteiger charge is 2.25. The van der Waals surface area contributed by atoms with Crippen LogP contribution in [-0.2, 0) is 15.9 Å². The van der Waals surface area contributed by atoms with Crippen LogP contribution in [0.2, 0.25) is 0 Å². The molecule has 0 aromatic carbocycles. The van der Waals surface area contributed by atoms with Gasteiger partial charge in [0.15, 0.2) is 0 Å². The van der Waals surface area contributed by atoms with Gasteiger partial charge >= 0.3 is 0 Å². The number of pyridine rings is 1. The smallest absolute Gasteiger partial charge is 0.232 e. The van der Waals surface area contributed by atoms with Gasteiger partial charge in [-0.3, -0.25) is 0 Å². The molecule has 0 bridgehead atoms. The molecule has 0 saturated carbocycles. The predicted octanol–water partition coefficient (Wildman–Crippen LogP) is 3.25. The van der Waals surface area contributed by atoms with Crippen LogP contribution in [0.15, 0.2) is 22.7 Å². The number of hydrogen-bond acceptors (Lipinski definition) is 8. The number of hydrogen-bond donors (Lipinski definition) is 2. The van der Waals surface area contributed by atoms with Crippen molar-refractivity contribution >= 4 is 44.4 Å². The molecule has 1 atom stereocenters. The van der Waals surface area contributed by atoms with Crippen LogP contribution in [0.3, 0.4) is 0 Å². The number of aromatic nitrogens is 3. The summed E-state index contributed by atoms with van der Waals surface area (Å²) in [5.41, 5.74) is 9.63. The maximum Gasteiger partial charge on any atom is 0.232 e. The Labute approximate surface area is 165 Å². The molecule has 0 aliphatic rings. The molecule has 0 fully saturated rings. The lowest BCUT2D eigenvalue weighted by atomic mass is 9.98. The lowest BCUT2D eigenvalue weighted by Gasteiger charge is -2.11. The second-order valence-corrected chi connectivity index (χ2v) is 9.09. The van der Waals surface area contributed by atoms with E-state index in [2.05, 4.69) is 29.1 Å². The maximum atomic E-state index is 12.6. The molecule has 0 aliphatic heterocycles. The maximum absolute atomic E-state index is 12.6. The molecule has 0 saturated heterocycles. The van der Waals surface area contributed by atoms with Crippen molar-refractivity contribution in [3.05, 3.63) is 24.0 Å². The molecule has 0 spiro atoms. The largest absolute Gasteiger partial charge is 0.611 e. The van der Waals surface area contributed by atoms with Crippen LogP contribution in [-0.4, -0.2) is 46.0 Å². The topological polar surface area (TPSA) is 109 Å². The zero-order chi connectivity index (χ0) is 19.6. The predicted molar refractivity (Wildman–Crippen MR) is 112 cm³/mol. The minimum absolute atomic E-state index is 0.240. The Balaban J connectivity index is 2.12. The van der Waals surface area contributed by atoms with E-state index < -0.39 is 11.2 Å². The third-order valence-electron chi connectivity index (χ3n) is 4.17. The van der Waals surface area contributed by atoms with Gasteiger partial charge in [0.05, 0.1) is 12.3 Å². The van der Waals surface area contributed by atoms with E-state index in [4.69, 9.17) is 15.5 Å². The lowest BCUT2D eigenvalue weighted by Crippen LogP contribution is -2.11. The summed E-state index contributed by atoms with van der Waals surface area (Å²) in [6, 6.07) is 2.02. The molecule has 144 valence electrons. The lowest BCUT2D eigenvalue weighted by molar-refractivity contribution is 0.217. The number of ether oxygens (including phenoxy) is 1. The first-order valence-corrected chi connectivity index (χ1v) is 10.7. The highest BCUT2D eigenvalue weighted by molar-refractivity contribution is 7.93. The molecule has 3 N–H and O–H groups in total. The van der Waals surface area contributed by atoms with Gasteiger partial charge in [0.1, 0.15) is 16.3 Å². The molecule has 27 heavy (non-hydrogen) atoms. The number of nitrogens with zero attached hydrogens (tertiary/aromatic N) is 3. The number of nitrogens with two attached hydrogens (primary N) is 1. The molecule has 9 heteroatoms. The minimum Gasteiger partial charge on any atom is -0.611 e. The number of anilines is 2. The van der Waals surface area contributed by atoms with Gasteiger partial charge in [-0.15, -0.1) is 0 Å². The van der Waals surface area contributed by atoms with Gasteiger partial charge in [-0.2, -0.15) is 0 Å². The normalized spacial score (nSPS) is 12.7. The van der Waals surface area contributed by atoms with Crippen molar-refractivity contribution in [1.29, 1.82) is 0 Å². The summed E-state index contributed by atoms with van der Waals surface area (Å²) >= 11 is 0.177. The summed E-state index contributed by atoms with van der Waals surface area (Å²) < 4.78 is 18.3. The third kappa shape index (κ3) is 4.01. The number of methoxy groups -OCH3 is 1. The zero-order valence-corrected chi connectivity index (χ0v) is 17.4. The van der Waals surface area contributed by atoms with Gasteiger partial charge in [0.25, 0.3) is 0 Å². The van der Waals surface area contributed by atoms with Crippen LogP contribution >= 0.6 is 11.3 Å². The van der Waals surface area contributed by atoms with Crippen molar-refractivity contribution < 1.29 is 9.29 Å². The quantitative estimate of drug-likeness (QED) is 0.581. The van der Waals surface area contributed by atoms with Crippen molar-refractivity contribution in [2.24, 2.45) is 0 Å². The number of rotatable bonds is 7. The van der Waals surface area contributed by atoms with Crippen molar-refractivity contribution in [2.75, 3.05) is 37.6 Å². The molecule has 3 heterocycles. The molecule has 1 unspecified atom stereocenters. The second-order valence-electron chi connectivity index (χ2n) is 6.32. The van der Waals surface area contributed by atoms with Gasteiger partial charge in [0.2, 0.25) is 10.2 Å². The molecule has 3 aromatic rings. The van der Waals surface area contributed by atoms with Gasteiger partial charge in [-0.25, -0.2) is 15.0 Å². The zero-order valence-electron chi connectivity index (χ0n) is 15.8. The van der Waals surface area contributed by atoms with Gasteiger partial charge in [0, 0.05) is 48.7 Å². The van der Waals surface area contributed by atoms with Crippen molar-refractivity contribution in [2.45, 2.75) is 24.0 Å². The van der Waals surface area contributed by atoms with E-state index in [0.29, 0.717) is 28.2 Å². The van der Waals surface area contributed by atoms with E-state index in [1.807, 2.05) is 6.07 Å². The highest BCUT2D eigenvalue weighted by Crippen LogP contribution is 2.41. The Morgan fingerprint density at radius 2 is 2.04 bits per heavy atom. The average Bonchev–Trinajstić information content (AvgIpc) is 3.02. The first-order valence-electron chi connectivity index (χ1n) is 8.56. The summed E-state index contributed by atoms with van der Waals surface area (Å²) in [4.78, 5) is 14.1. The van der Waals surface area contributed by atoms with Crippen LogP contribution in [0.25, 0.3) is 21.5 Å². The van der Waals surface area contributed by atoms with Crippen LogP contribution in [0.5, 0.6) is 0 Å². The standard InChI is InChI=1S/C18H23N5O2S2/c1-10(2)12-7-13(11-8-21-18(20-3)22-9-11)23-16-14(12)15(19)17(26-16)27(24)6-5-25-4/h7-10H,5-6,19H2,1-4H3,(H,20,21,22). The van der Waals surface area contributed by atoms with E-state index in [1.165, 1.54) is 11.3 Å². The number of nitrogen functional groups attached to an aromatic ring is 1. The Morgan fingerprint density at radius 3 is 2.63 bits per heavy atom. The van der Waals surface area contributed by atoms with Crippen LogP contribution in [0.1, 0.15) is 25.3 Å². The average molecular weight is 406 g/mol. The number of thiophene rings is 1. The number of fused-ring (bicyclic) bond motifs is 1. The van der Waals surface area contributed by atoms with Crippen LogP contribution in [0.4, 0.5) is 11.6 Å². The van der Waals surface area contributed by atoms with E-state index in [1.54, 1.807) is 26.6 Å². The molecule has 0 radical (unpaired) electrons.